The molecule has 1 atom stereocenters. The third-order valence-corrected chi connectivity index (χ3v) is 6.17. The number of nitrogens with one attached hydrogen (secondary N) is 1. The van der Waals surface area contributed by atoms with Crippen molar-refractivity contribution >= 4 is 35.2 Å². The van der Waals surface area contributed by atoms with Crippen molar-refractivity contribution in [3.63, 3.8) is 0 Å². The van der Waals surface area contributed by atoms with Gasteiger partial charge in [-0.05, 0) is 36.8 Å². The fourth-order valence-corrected chi connectivity index (χ4v) is 4.36. The van der Waals surface area contributed by atoms with E-state index in [1.807, 2.05) is 31.2 Å². The number of benzene rings is 3. The fourth-order valence-electron chi connectivity index (χ4n) is 3.08. The van der Waals surface area contributed by atoms with Crippen molar-refractivity contribution in [1.29, 1.82) is 0 Å². The maximum Gasteiger partial charge on any atom is 0.273 e. The summed E-state index contributed by atoms with van der Waals surface area (Å²) >= 11 is 7.66. The molecule has 1 aliphatic heterocycles. The lowest BCUT2D eigenvalue weighted by molar-refractivity contribution is -0.130. The van der Waals surface area contributed by atoms with Gasteiger partial charge in [-0.1, -0.05) is 65.7 Å². The number of hydrazine groups is 1. The maximum absolute atomic E-state index is 13.0. The third-order valence-electron chi connectivity index (χ3n) is 4.64. The molecular formula is C23H19ClN2O3S. The quantitative estimate of drug-likeness (QED) is 0.582. The molecule has 0 saturated carbocycles. The second-order valence-electron chi connectivity index (χ2n) is 6.81. The Morgan fingerprint density at radius 1 is 1.03 bits per heavy atom. The molecule has 1 unspecified atom stereocenters. The fraction of sp³-hybridized carbons (Fsp3) is 0.130. The van der Waals surface area contributed by atoms with Crippen molar-refractivity contribution in [3.8, 4) is 11.5 Å². The van der Waals surface area contributed by atoms with Crippen LogP contribution in [0.15, 0.2) is 72.8 Å². The number of rotatable bonds is 5. The summed E-state index contributed by atoms with van der Waals surface area (Å²) in [6, 6.07) is 21.8. The summed E-state index contributed by atoms with van der Waals surface area (Å²) in [7, 11) is 0. The lowest BCUT2D eigenvalue weighted by Gasteiger charge is -2.25. The molecule has 3 aromatic carbocycles. The number of aryl methyl sites for hydroxylation is 1. The van der Waals surface area contributed by atoms with Crippen LogP contribution in [0, 0.1) is 6.92 Å². The van der Waals surface area contributed by atoms with Gasteiger partial charge in [0, 0.05) is 0 Å². The summed E-state index contributed by atoms with van der Waals surface area (Å²) < 4.78 is 5.88. The number of carbonyl (C=O) groups is 2. The van der Waals surface area contributed by atoms with Crippen molar-refractivity contribution in [2.45, 2.75) is 12.3 Å². The Morgan fingerprint density at radius 3 is 2.43 bits per heavy atom. The normalized spacial score (nSPS) is 15.9. The highest BCUT2D eigenvalue weighted by molar-refractivity contribution is 8.00. The van der Waals surface area contributed by atoms with E-state index in [1.54, 1.807) is 48.5 Å². The van der Waals surface area contributed by atoms with E-state index in [9.17, 15) is 9.59 Å². The molecule has 0 radical (unpaired) electrons. The van der Waals surface area contributed by atoms with Gasteiger partial charge in [-0.15, -0.1) is 11.8 Å². The zero-order valence-electron chi connectivity index (χ0n) is 16.2. The van der Waals surface area contributed by atoms with Crippen molar-refractivity contribution in [2.24, 2.45) is 0 Å². The molecule has 0 aromatic heterocycles. The molecule has 1 aliphatic rings. The Kier molecular flexibility index (Phi) is 5.97. The summed E-state index contributed by atoms with van der Waals surface area (Å²) in [5.41, 5.74) is 5.16. The zero-order chi connectivity index (χ0) is 21.1. The van der Waals surface area contributed by atoms with Crippen molar-refractivity contribution in [3.05, 3.63) is 94.5 Å². The summed E-state index contributed by atoms with van der Waals surface area (Å²) in [5, 5.41) is 1.56. The SMILES string of the molecule is Cc1ccc(C2SCC(=O)N2NC(=O)c2ccccc2Oc2ccccc2Cl)cc1. The van der Waals surface area contributed by atoms with E-state index in [0.29, 0.717) is 27.8 Å². The molecule has 1 saturated heterocycles. The Bertz CT molecular complexity index is 1090. The van der Waals surface area contributed by atoms with Crippen LogP contribution in [0.25, 0.3) is 0 Å². The van der Waals surface area contributed by atoms with Gasteiger partial charge in [0.2, 0.25) is 0 Å². The molecule has 0 spiro atoms. The molecule has 1 fully saturated rings. The third kappa shape index (κ3) is 4.30. The number of para-hydroxylation sites is 2. The molecule has 0 aliphatic carbocycles. The van der Waals surface area contributed by atoms with Gasteiger partial charge in [0.25, 0.3) is 11.8 Å². The largest absolute Gasteiger partial charge is 0.455 e. The van der Waals surface area contributed by atoms with E-state index < -0.39 is 5.91 Å². The highest BCUT2D eigenvalue weighted by Crippen LogP contribution is 2.38. The van der Waals surface area contributed by atoms with E-state index in [-0.39, 0.29) is 11.3 Å². The summed E-state index contributed by atoms with van der Waals surface area (Å²) in [4.78, 5) is 25.5. The molecule has 0 bridgehead atoms. The van der Waals surface area contributed by atoms with Crippen LogP contribution in [-0.2, 0) is 4.79 Å². The van der Waals surface area contributed by atoms with Gasteiger partial charge in [0.05, 0.1) is 16.3 Å². The number of hydrogen-bond acceptors (Lipinski definition) is 4. The highest BCUT2D eigenvalue weighted by atomic mass is 35.5. The Morgan fingerprint density at radius 2 is 1.70 bits per heavy atom. The molecule has 4 rings (SSSR count). The monoisotopic (exact) mass is 438 g/mol. The Hall–Kier alpha value is -2.96. The minimum atomic E-state index is -0.425. The minimum Gasteiger partial charge on any atom is -0.455 e. The lowest BCUT2D eigenvalue weighted by atomic mass is 10.1. The van der Waals surface area contributed by atoms with Gasteiger partial charge >= 0.3 is 0 Å². The van der Waals surface area contributed by atoms with Crippen molar-refractivity contribution in [1.82, 2.24) is 10.4 Å². The first-order chi connectivity index (χ1) is 14.5. The van der Waals surface area contributed by atoms with Crippen LogP contribution >= 0.6 is 23.4 Å². The van der Waals surface area contributed by atoms with Crippen LogP contribution in [0.5, 0.6) is 11.5 Å². The summed E-state index contributed by atoms with van der Waals surface area (Å²) in [6.07, 6.45) is 0. The second-order valence-corrected chi connectivity index (χ2v) is 8.28. The summed E-state index contributed by atoms with van der Waals surface area (Å²) in [5.74, 6) is 0.532. The molecule has 2 amide bonds. The number of ether oxygens (including phenoxy) is 1. The van der Waals surface area contributed by atoms with Crippen LogP contribution in [-0.4, -0.2) is 22.6 Å². The van der Waals surface area contributed by atoms with Gasteiger partial charge in [-0.3, -0.25) is 15.0 Å². The van der Waals surface area contributed by atoms with Gasteiger partial charge < -0.3 is 4.74 Å². The number of carbonyl (C=O) groups excluding carboxylic acids is 2. The molecular weight excluding hydrogens is 420 g/mol. The van der Waals surface area contributed by atoms with Crippen LogP contribution in [0.3, 0.4) is 0 Å². The molecule has 5 nitrogen and oxygen atoms in total. The van der Waals surface area contributed by atoms with E-state index in [2.05, 4.69) is 5.43 Å². The first kappa shape index (κ1) is 20.3. The minimum absolute atomic E-state index is 0.150. The molecule has 152 valence electrons. The number of amides is 2. The number of halogens is 1. The second kappa shape index (κ2) is 8.81. The van der Waals surface area contributed by atoms with E-state index in [4.69, 9.17) is 16.3 Å². The van der Waals surface area contributed by atoms with E-state index in [0.717, 1.165) is 11.1 Å². The van der Waals surface area contributed by atoms with E-state index in [1.165, 1.54) is 16.8 Å². The topological polar surface area (TPSA) is 58.6 Å². The number of nitrogens with zero attached hydrogens (tertiary/aromatic N) is 1. The van der Waals surface area contributed by atoms with Gasteiger partial charge in [0.1, 0.15) is 16.9 Å². The summed E-state index contributed by atoms with van der Waals surface area (Å²) in [6.45, 7) is 2.01. The van der Waals surface area contributed by atoms with Crippen LogP contribution in [0.1, 0.15) is 26.9 Å². The predicted molar refractivity (Wildman–Crippen MR) is 119 cm³/mol. The molecule has 1 heterocycles. The van der Waals surface area contributed by atoms with E-state index >= 15 is 0 Å². The van der Waals surface area contributed by atoms with Gasteiger partial charge in [0.15, 0.2) is 0 Å². The average Bonchev–Trinajstić information content (AvgIpc) is 3.11. The van der Waals surface area contributed by atoms with Crippen molar-refractivity contribution < 1.29 is 14.3 Å². The zero-order valence-corrected chi connectivity index (χ0v) is 17.7. The van der Waals surface area contributed by atoms with Gasteiger partial charge in [-0.2, -0.15) is 0 Å². The van der Waals surface area contributed by atoms with Gasteiger partial charge in [-0.25, -0.2) is 5.01 Å². The average molecular weight is 439 g/mol. The van der Waals surface area contributed by atoms with Crippen molar-refractivity contribution in [2.75, 3.05) is 5.75 Å². The predicted octanol–water partition coefficient (Wildman–Crippen LogP) is 5.36. The number of hydrogen-bond donors (Lipinski definition) is 1. The number of thioether (sulfide) groups is 1. The van der Waals surface area contributed by atoms with Crippen LogP contribution in [0.2, 0.25) is 5.02 Å². The first-order valence-electron chi connectivity index (χ1n) is 9.35. The molecule has 7 heteroatoms. The Balaban J connectivity index is 1.57. The Labute approximate surface area is 184 Å². The van der Waals surface area contributed by atoms with Crippen LogP contribution < -0.4 is 10.2 Å². The lowest BCUT2D eigenvalue weighted by Crippen LogP contribution is -2.44. The first-order valence-corrected chi connectivity index (χ1v) is 10.8. The molecule has 1 N–H and O–H groups in total. The smallest absolute Gasteiger partial charge is 0.273 e. The molecule has 3 aromatic rings. The standard InChI is InChI=1S/C23H19ClN2O3S/c1-15-10-12-16(13-11-15)23-26(21(27)14-30-23)25-22(28)17-6-2-4-8-19(17)29-20-9-5-3-7-18(20)24/h2-13,23H,14H2,1H3,(H,25,28). The van der Waals surface area contributed by atoms with Crippen LogP contribution in [0.4, 0.5) is 0 Å². The highest BCUT2D eigenvalue weighted by Gasteiger charge is 2.34. The maximum atomic E-state index is 13.0. The molecule has 30 heavy (non-hydrogen) atoms.